The summed E-state index contributed by atoms with van der Waals surface area (Å²) in [6, 6.07) is 20.2. The van der Waals surface area contributed by atoms with Gasteiger partial charge in [0.1, 0.15) is 0 Å². The van der Waals surface area contributed by atoms with E-state index >= 15 is 0 Å². The summed E-state index contributed by atoms with van der Waals surface area (Å²) in [6.07, 6.45) is 2.50. The highest BCUT2D eigenvalue weighted by Gasteiger charge is 2.06. The van der Waals surface area contributed by atoms with Gasteiger partial charge in [0.25, 0.3) is 0 Å². The van der Waals surface area contributed by atoms with Crippen molar-refractivity contribution in [2.75, 3.05) is 0 Å². The van der Waals surface area contributed by atoms with Crippen LogP contribution in [0.4, 0.5) is 0 Å². The fourth-order valence-electron chi connectivity index (χ4n) is 2.28. The lowest BCUT2D eigenvalue weighted by molar-refractivity contribution is -0.117. The molecule has 0 aliphatic carbocycles. The van der Waals surface area contributed by atoms with Crippen molar-refractivity contribution < 1.29 is 4.79 Å². The predicted octanol–water partition coefficient (Wildman–Crippen LogP) is 3.84. The molecule has 1 N–H and O–H groups in total. The quantitative estimate of drug-likeness (QED) is 0.828. The van der Waals surface area contributed by atoms with E-state index in [0.717, 1.165) is 17.6 Å². The number of amides is 1. The maximum atomic E-state index is 12.0. The van der Waals surface area contributed by atoms with Crippen molar-refractivity contribution in [2.45, 2.75) is 26.3 Å². The number of carbonyl (C=O) groups excluding carboxylic acids is 1. The minimum Gasteiger partial charge on any atom is -0.350 e. The number of allylic oxidation sites excluding steroid dienone is 1. The average molecular weight is 279 g/mol. The van der Waals surface area contributed by atoms with Gasteiger partial charge in [0.05, 0.1) is 0 Å². The van der Waals surface area contributed by atoms with Gasteiger partial charge in [-0.3, -0.25) is 4.79 Å². The topological polar surface area (TPSA) is 29.1 Å². The van der Waals surface area contributed by atoms with Gasteiger partial charge >= 0.3 is 0 Å². The first kappa shape index (κ1) is 15.0. The van der Waals surface area contributed by atoms with Crippen LogP contribution >= 0.6 is 0 Å². The molecule has 0 aliphatic rings. The van der Waals surface area contributed by atoms with Crippen molar-refractivity contribution in [3.63, 3.8) is 0 Å². The number of hydrogen-bond acceptors (Lipinski definition) is 1. The molecule has 21 heavy (non-hydrogen) atoms. The molecule has 0 bridgehead atoms. The van der Waals surface area contributed by atoms with Crippen LogP contribution in [0.25, 0.3) is 5.57 Å². The molecule has 0 saturated carbocycles. The van der Waals surface area contributed by atoms with Gasteiger partial charge < -0.3 is 5.32 Å². The number of carbonyl (C=O) groups is 1. The maximum Gasteiger partial charge on any atom is 0.244 e. The summed E-state index contributed by atoms with van der Waals surface area (Å²) < 4.78 is 0. The van der Waals surface area contributed by atoms with E-state index in [1.165, 1.54) is 5.56 Å². The lowest BCUT2D eigenvalue weighted by atomic mass is 10.1. The second-order valence-corrected chi connectivity index (χ2v) is 5.29. The van der Waals surface area contributed by atoms with Crippen LogP contribution in [-0.4, -0.2) is 11.9 Å². The maximum absolute atomic E-state index is 12.0. The second kappa shape index (κ2) is 7.44. The van der Waals surface area contributed by atoms with Crippen LogP contribution in [0.15, 0.2) is 66.7 Å². The van der Waals surface area contributed by atoms with E-state index in [9.17, 15) is 4.79 Å². The molecule has 0 spiro atoms. The fraction of sp³-hybridized carbons (Fsp3) is 0.211. The van der Waals surface area contributed by atoms with E-state index in [-0.39, 0.29) is 11.9 Å². The van der Waals surface area contributed by atoms with Gasteiger partial charge in [0.15, 0.2) is 0 Å². The van der Waals surface area contributed by atoms with Gasteiger partial charge in [0.2, 0.25) is 5.91 Å². The highest BCUT2D eigenvalue weighted by molar-refractivity contribution is 5.94. The summed E-state index contributed by atoms with van der Waals surface area (Å²) in [5, 5.41) is 3.01. The van der Waals surface area contributed by atoms with Crippen molar-refractivity contribution in [3.05, 3.63) is 77.9 Å². The van der Waals surface area contributed by atoms with Crippen LogP contribution in [0.2, 0.25) is 0 Å². The van der Waals surface area contributed by atoms with Crippen LogP contribution < -0.4 is 5.32 Å². The molecule has 0 fully saturated rings. The van der Waals surface area contributed by atoms with E-state index < -0.39 is 0 Å². The van der Waals surface area contributed by atoms with Gasteiger partial charge in [-0.1, -0.05) is 60.7 Å². The minimum atomic E-state index is -0.0419. The van der Waals surface area contributed by atoms with Gasteiger partial charge in [-0.15, -0.1) is 0 Å². The van der Waals surface area contributed by atoms with Crippen LogP contribution in [0, 0.1) is 0 Å². The normalized spacial score (nSPS) is 12.8. The summed E-state index contributed by atoms with van der Waals surface area (Å²) in [6.45, 7) is 3.98. The Labute approximate surface area is 126 Å². The fourth-order valence-corrected chi connectivity index (χ4v) is 2.28. The van der Waals surface area contributed by atoms with E-state index in [2.05, 4.69) is 17.4 Å². The van der Waals surface area contributed by atoms with Crippen molar-refractivity contribution >= 4 is 11.5 Å². The third-order valence-corrected chi connectivity index (χ3v) is 3.35. The Balaban J connectivity index is 1.92. The van der Waals surface area contributed by atoms with Gasteiger partial charge in [0, 0.05) is 12.1 Å². The first-order valence-electron chi connectivity index (χ1n) is 7.23. The van der Waals surface area contributed by atoms with Crippen LogP contribution in [0.3, 0.4) is 0 Å². The summed E-state index contributed by atoms with van der Waals surface area (Å²) in [4.78, 5) is 12.0. The lowest BCUT2D eigenvalue weighted by Gasteiger charge is -2.13. The van der Waals surface area contributed by atoms with Crippen molar-refractivity contribution in [1.82, 2.24) is 5.32 Å². The Kier molecular flexibility index (Phi) is 5.33. The Morgan fingerprint density at radius 2 is 1.62 bits per heavy atom. The predicted molar refractivity (Wildman–Crippen MR) is 87.8 cm³/mol. The summed E-state index contributed by atoms with van der Waals surface area (Å²) in [5.74, 6) is -0.0419. The molecular weight excluding hydrogens is 258 g/mol. The molecule has 2 rings (SSSR count). The zero-order valence-electron chi connectivity index (χ0n) is 12.5. The van der Waals surface area contributed by atoms with Gasteiger partial charge in [-0.05, 0) is 37.0 Å². The molecule has 2 aromatic rings. The van der Waals surface area contributed by atoms with Crippen LogP contribution in [0.1, 0.15) is 25.0 Å². The van der Waals surface area contributed by atoms with Crippen molar-refractivity contribution in [2.24, 2.45) is 0 Å². The monoisotopic (exact) mass is 279 g/mol. The summed E-state index contributed by atoms with van der Waals surface area (Å²) in [5.41, 5.74) is 3.28. The number of benzene rings is 2. The van der Waals surface area contributed by atoms with Crippen LogP contribution in [0.5, 0.6) is 0 Å². The molecular formula is C19H21NO. The minimum absolute atomic E-state index is 0.0419. The molecule has 2 heteroatoms. The Hall–Kier alpha value is -2.35. The van der Waals surface area contributed by atoms with E-state index in [0.29, 0.717) is 0 Å². The first-order chi connectivity index (χ1) is 10.1. The smallest absolute Gasteiger partial charge is 0.244 e. The molecule has 0 aromatic heterocycles. The Morgan fingerprint density at radius 3 is 2.24 bits per heavy atom. The van der Waals surface area contributed by atoms with E-state index in [1.54, 1.807) is 6.08 Å². The number of nitrogens with one attached hydrogen (secondary N) is 1. The van der Waals surface area contributed by atoms with E-state index in [1.807, 2.05) is 62.4 Å². The number of rotatable bonds is 5. The van der Waals surface area contributed by atoms with Gasteiger partial charge in [-0.25, -0.2) is 0 Å². The molecule has 2 aromatic carbocycles. The third kappa shape index (κ3) is 4.92. The Morgan fingerprint density at radius 1 is 1.05 bits per heavy atom. The van der Waals surface area contributed by atoms with Crippen LogP contribution in [-0.2, 0) is 11.2 Å². The average Bonchev–Trinajstić information content (AvgIpc) is 2.48. The molecule has 0 aliphatic heterocycles. The Bertz CT molecular complexity index is 602. The summed E-state index contributed by atoms with van der Waals surface area (Å²) in [7, 11) is 0. The zero-order chi connectivity index (χ0) is 15.1. The molecule has 1 atom stereocenters. The number of hydrogen-bond donors (Lipinski definition) is 1. The lowest BCUT2D eigenvalue weighted by Crippen LogP contribution is -2.32. The zero-order valence-corrected chi connectivity index (χ0v) is 12.5. The highest BCUT2D eigenvalue weighted by Crippen LogP contribution is 2.12. The molecule has 1 amide bonds. The molecule has 0 radical (unpaired) electrons. The molecule has 0 heterocycles. The van der Waals surface area contributed by atoms with E-state index in [4.69, 9.17) is 0 Å². The molecule has 108 valence electrons. The van der Waals surface area contributed by atoms with Gasteiger partial charge in [-0.2, -0.15) is 0 Å². The second-order valence-electron chi connectivity index (χ2n) is 5.29. The largest absolute Gasteiger partial charge is 0.350 e. The summed E-state index contributed by atoms with van der Waals surface area (Å²) >= 11 is 0. The third-order valence-electron chi connectivity index (χ3n) is 3.35. The molecule has 0 saturated heterocycles. The van der Waals surface area contributed by atoms with Crippen molar-refractivity contribution in [3.8, 4) is 0 Å². The van der Waals surface area contributed by atoms with Crippen molar-refractivity contribution in [1.29, 1.82) is 0 Å². The molecule has 0 unspecified atom stereocenters. The first-order valence-corrected chi connectivity index (χ1v) is 7.23. The highest BCUT2D eigenvalue weighted by atomic mass is 16.1. The SMILES string of the molecule is CC(=CC(=O)N[C@@H](C)Cc1ccccc1)c1ccccc1. The standard InChI is InChI=1S/C19H21NO/c1-15(18-11-7-4-8-12-18)13-19(21)20-16(2)14-17-9-5-3-6-10-17/h3-13,16H,14H2,1-2H3,(H,20,21)/t16-/m0/s1. The molecule has 2 nitrogen and oxygen atoms in total.